The molecule has 0 amide bonds. The number of halogens is 3. The summed E-state index contributed by atoms with van der Waals surface area (Å²) in [4.78, 5) is 0. The molecule has 1 rings (SSSR count). The third kappa shape index (κ3) is 2.94. The number of nitrogens with two attached hydrogens (primary N) is 1. The van der Waals surface area contributed by atoms with Crippen molar-refractivity contribution >= 4 is 0 Å². The predicted molar refractivity (Wildman–Crippen MR) is 50.1 cm³/mol. The van der Waals surface area contributed by atoms with Gasteiger partial charge in [0.05, 0.1) is 11.7 Å². The fourth-order valence-electron chi connectivity index (χ4n) is 1.17. The second kappa shape index (κ2) is 4.20. The summed E-state index contributed by atoms with van der Waals surface area (Å²) in [6, 6.07) is 3.82. The van der Waals surface area contributed by atoms with Crippen molar-refractivity contribution in [2.45, 2.75) is 25.2 Å². The molecule has 0 aliphatic rings. The van der Waals surface area contributed by atoms with E-state index in [-0.39, 0.29) is 0 Å². The number of alkyl halides is 3. The van der Waals surface area contributed by atoms with Crippen LogP contribution in [0.5, 0.6) is 0 Å². The lowest BCUT2D eigenvalue weighted by molar-refractivity contribution is -0.137. The van der Waals surface area contributed by atoms with E-state index >= 15 is 0 Å². The molecule has 0 radical (unpaired) electrons. The number of rotatable bonds is 2. The van der Waals surface area contributed by atoms with Crippen LogP contribution in [0, 0.1) is 0 Å². The SMILES string of the molecule is C[C@@H](N)[C@H](O)c1ccc(C(F)(F)F)cc1. The number of hydrogen-bond acceptors (Lipinski definition) is 2. The molecule has 0 unspecified atom stereocenters. The minimum absolute atomic E-state index is 0.387. The fraction of sp³-hybridized carbons (Fsp3) is 0.400. The van der Waals surface area contributed by atoms with Crippen LogP contribution in [0.3, 0.4) is 0 Å². The van der Waals surface area contributed by atoms with Gasteiger partial charge in [0.2, 0.25) is 0 Å². The fourth-order valence-corrected chi connectivity index (χ4v) is 1.17. The van der Waals surface area contributed by atoms with Crippen molar-refractivity contribution in [1.29, 1.82) is 0 Å². The molecular weight excluding hydrogens is 207 g/mol. The molecule has 5 heteroatoms. The van der Waals surface area contributed by atoms with E-state index in [0.29, 0.717) is 5.56 Å². The Bertz CT molecular complexity index is 318. The van der Waals surface area contributed by atoms with Crippen LogP contribution in [0.2, 0.25) is 0 Å². The van der Waals surface area contributed by atoms with Gasteiger partial charge in [-0.3, -0.25) is 0 Å². The zero-order valence-corrected chi connectivity index (χ0v) is 8.12. The van der Waals surface area contributed by atoms with Crippen molar-refractivity contribution in [2.24, 2.45) is 5.73 Å². The summed E-state index contributed by atoms with van der Waals surface area (Å²) in [5.41, 5.74) is 5.07. The molecule has 0 fully saturated rings. The van der Waals surface area contributed by atoms with Gasteiger partial charge in [-0.2, -0.15) is 13.2 Å². The van der Waals surface area contributed by atoms with Crippen LogP contribution in [0.4, 0.5) is 13.2 Å². The van der Waals surface area contributed by atoms with E-state index in [2.05, 4.69) is 0 Å². The van der Waals surface area contributed by atoms with Gasteiger partial charge in [0.25, 0.3) is 0 Å². The summed E-state index contributed by atoms with van der Waals surface area (Å²) in [5.74, 6) is 0. The summed E-state index contributed by atoms with van der Waals surface area (Å²) in [6.07, 6.45) is -5.29. The van der Waals surface area contributed by atoms with Crippen molar-refractivity contribution < 1.29 is 18.3 Å². The number of aliphatic hydroxyl groups excluding tert-OH is 1. The summed E-state index contributed by atoms with van der Waals surface area (Å²) in [7, 11) is 0. The maximum absolute atomic E-state index is 12.2. The monoisotopic (exact) mass is 219 g/mol. The predicted octanol–water partition coefficient (Wildman–Crippen LogP) is 2.09. The number of aliphatic hydroxyl groups is 1. The standard InChI is InChI=1S/C10H12F3NO/c1-6(14)9(15)7-2-4-8(5-3-7)10(11,12)13/h2-6,9,15H,14H2,1H3/t6-,9+/m1/s1. The zero-order chi connectivity index (χ0) is 11.6. The van der Waals surface area contributed by atoms with Crippen molar-refractivity contribution in [2.75, 3.05) is 0 Å². The second-order valence-corrected chi connectivity index (χ2v) is 3.42. The minimum atomic E-state index is -4.35. The van der Waals surface area contributed by atoms with Crippen molar-refractivity contribution in [1.82, 2.24) is 0 Å². The Kier molecular flexibility index (Phi) is 3.36. The van der Waals surface area contributed by atoms with Gasteiger partial charge in [-0.1, -0.05) is 12.1 Å². The molecule has 3 N–H and O–H groups in total. The Morgan fingerprint density at radius 1 is 1.20 bits per heavy atom. The van der Waals surface area contributed by atoms with Crippen LogP contribution in [0.1, 0.15) is 24.2 Å². The van der Waals surface area contributed by atoms with E-state index in [0.717, 1.165) is 12.1 Å². The van der Waals surface area contributed by atoms with Crippen LogP contribution in [-0.2, 0) is 6.18 Å². The summed E-state index contributed by atoms with van der Waals surface area (Å²) in [5, 5.41) is 9.49. The Morgan fingerprint density at radius 2 is 1.67 bits per heavy atom. The summed E-state index contributed by atoms with van der Waals surface area (Å²) < 4.78 is 36.6. The molecule has 0 saturated carbocycles. The van der Waals surface area contributed by atoms with E-state index in [1.807, 2.05) is 0 Å². The van der Waals surface area contributed by atoms with Crippen molar-refractivity contribution in [3.63, 3.8) is 0 Å². The normalized spacial score (nSPS) is 16.1. The molecule has 15 heavy (non-hydrogen) atoms. The van der Waals surface area contributed by atoms with Gasteiger partial charge in [0.1, 0.15) is 0 Å². The highest BCUT2D eigenvalue weighted by Gasteiger charge is 2.30. The molecule has 0 aromatic heterocycles. The third-order valence-corrected chi connectivity index (χ3v) is 2.08. The first-order valence-corrected chi connectivity index (χ1v) is 4.43. The summed E-state index contributed by atoms with van der Waals surface area (Å²) in [6.45, 7) is 1.59. The first-order chi connectivity index (χ1) is 6.82. The minimum Gasteiger partial charge on any atom is -0.387 e. The average molecular weight is 219 g/mol. The lowest BCUT2D eigenvalue weighted by atomic mass is 10.0. The largest absolute Gasteiger partial charge is 0.416 e. The smallest absolute Gasteiger partial charge is 0.387 e. The molecule has 2 nitrogen and oxygen atoms in total. The maximum Gasteiger partial charge on any atom is 0.416 e. The van der Waals surface area contributed by atoms with E-state index in [9.17, 15) is 18.3 Å². The van der Waals surface area contributed by atoms with Crippen LogP contribution in [0.25, 0.3) is 0 Å². The Hall–Kier alpha value is -1.07. The molecule has 1 aromatic rings. The lowest BCUT2D eigenvalue weighted by Crippen LogP contribution is -2.24. The highest BCUT2D eigenvalue weighted by Crippen LogP contribution is 2.30. The third-order valence-electron chi connectivity index (χ3n) is 2.08. The number of hydrogen-bond donors (Lipinski definition) is 2. The first kappa shape index (κ1) is 12.0. The lowest BCUT2D eigenvalue weighted by Gasteiger charge is -2.15. The molecular formula is C10H12F3NO. The molecule has 0 spiro atoms. The molecule has 0 saturated heterocycles. The van der Waals surface area contributed by atoms with Crippen LogP contribution < -0.4 is 5.73 Å². The Morgan fingerprint density at radius 3 is 2.00 bits per heavy atom. The maximum atomic E-state index is 12.2. The molecule has 0 bridgehead atoms. The molecule has 0 aliphatic carbocycles. The second-order valence-electron chi connectivity index (χ2n) is 3.42. The molecule has 0 aliphatic heterocycles. The van der Waals surface area contributed by atoms with Crippen LogP contribution in [-0.4, -0.2) is 11.1 Å². The molecule has 2 atom stereocenters. The highest BCUT2D eigenvalue weighted by molar-refractivity contribution is 5.26. The molecule has 1 aromatic carbocycles. The van der Waals surface area contributed by atoms with E-state index in [1.54, 1.807) is 6.92 Å². The van der Waals surface area contributed by atoms with Gasteiger partial charge in [0.15, 0.2) is 0 Å². The van der Waals surface area contributed by atoms with Gasteiger partial charge in [-0.25, -0.2) is 0 Å². The van der Waals surface area contributed by atoms with Crippen molar-refractivity contribution in [3.05, 3.63) is 35.4 Å². The number of benzene rings is 1. The topological polar surface area (TPSA) is 46.2 Å². The average Bonchev–Trinajstić information content (AvgIpc) is 2.15. The Labute approximate surface area is 85.5 Å². The molecule has 84 valence electrons. The van der Waals surface area contributed by atoms with Gasteiger partial charge in [-0.05, 0) is 24.6 Å². The first-order valence-electron chi connectivity index (χ1n) is 4.43. The van der Waals surface area contributed by atoms with E-state index in [4.69, 9.17) is 5.73 Å². The van der Waals surface area contributed by atoms with Crippen molar-refractivity contribution in [3.8, 4) is 0 Å². The van der Waals surface area contributed by atoms with Crippen LogP contribution in [0.15, 0.2) is 24.3 Å². The summed E-state index contributed by atoms with van der Waals surface area (Å²) >= 11 is 0. The molecule has 0 heterocycles. The van der Waals surface area contributed by atoms with Gasteiger partial charge >= 0.3 is 6.18 Å². The Balaban J connectivity index is 2.91. The van der Waals surface area contributed by atoms with E-state index in [1.165, 1.54) is 12.1 Å². The van der Waals surface area contributed by atoms with Crippen LogP contribution >= 0.6 is 0 Å². The van der Waals surface area contributed by atoms with Gasteiger partial charge in [-0.15, -0.1) is 0 Å². The van der Waals surface area contributed by atoms with E-state index < -0.39 is 23.9 Å². The quantitative estimate of drug-likeness (QED) is 0.800. The highest BCUT2D eigenvalue weighted by atomic mass is 19.4. The zero-order valence-electron chi connectivity index (χ0n) is 8.12. The van der Waals surface area contributed by atoms with Gasteiger partial charge < -0.3 is 10.8 Å². The van der Waals surface area contributed by atoms with Gasteiger partial charge in [0, 0.05) is 6.04 Å².